The number of benzene rings is 1. The second-order valence-electron chi connectivity index (χ2n) is 3.27. The highest BCUT2D eigenvalue weighted by atomic mass is 79.9. The number of nitrogens with two attached hydrogens (primary N) is 1. The summed E-state index contributed by atoms with van der Waals surface area (Å²) in [7, 11) is 0. The van der Waals surface area contributed by atoms with E-state index in [0.717, 1.165) is 10.0 Å². The fourth-order valence-corrected chi connectivity index (χ4v) is 1.75. The number of hydrogen-bond acceptors (Lipinski definition) is 2. The first-order valence-electron chi connectivity index (χ1n) is 4.27. The average Bonchev–Trinajstić information content (AvgIpc) is 2.01. The molecule has 1 rings (SSSR count). The Morgan fingerprint density at radius 2 is 2.29 bits per heavy atom. The summed E-state index contributed by atoms with van der Waals surface area (Å²) >= 11 is 3.30. The molecule has 0 bridgehead atoms. The molecule has 0 heterocycles. The largest absolute Gasteiger partial charge is 0.481 e. The molecule has 3 N–H and O–H groups in total. The smallest absolute Gasteiger partial charge is 0.303 e. The molecule has 0 aliphatic carbocycles. The highest BCUT2D eigenvalue weighted by Crippen LogP contribution is 2.27. The first-order valence-corrected chi connectivity index (χ1v) is 5.06. The van der Waals surface area contributed by atoms with E-state index in [1.54, 1.807) is 6.07 Å². The predicted octanol–water partition coefficient (Wildman–Crippen LogP) is 2.61. The topological polar surface area (TPSA) is 63.3 Å². The molecule has 0 fully saturated rings. The molecule has 76 valence electrons. The van der Waals surface area contributed by atoms with Crippen LogP contribution in [0.25, 0.3) is 0 Å². The third kappa shape index (κ3) is 2.73. The van der Waals surface area contributed by atoms with Crippen molar-refractivity contribution in [2.75, 3.05) is 5.73 Å². The fourth-order valence-electron chi connectivity index (χ4n) is 1.37. The molecule has 4 heteroatoms. The minimum atomic E-state index is -0.806. The van der Waals surface area contributed by atoms with E-state index in [1.807, 2.05) is 19.1 Å². The van der Waals surface area contributed by atoms with Crippen molar-refractivity contribution in [3.63, 3.8) is 0 Å². The lowest BCUT2D eigenvalue weighted by Gasteiger charge is -2.12. The molecule has 1 atom stereocenters. The fraction of sp³-hybridized carbons (Fsp3) is 0.300. The first-order chi connectivity index (χ1) is 6.50. The zero-order valence-electron chi connectivity index (χ0n) is 7.83. The Morgan fingerprint density at radius 3 is 2.79 bits per heavy atom. The lowest BCUT2D eigenvalue weighted by molar-refractivity contribution is -0.137. The van der Waals surface area contributed by atoms with Crippen LogP contribution in [-0.4, -0.2) is 11.1 Å². The number of halogens is 1. The Bertz CT molecular complexity index is 352. The highest BCUT2D eigenvalue weighted by Gasteiger charge is 2.12. The van der Waals surface area contributed by atoms with Crippen molar-refractivity contribution in [1.29, 1.82) is 0 Å². The van der Waals surface area contributed by atoms with Gasteiger partial charge in [0.2, 0.25) is 0 Å². The number of anilines is 1. The van der Waals surface area contributed by atoms with Crippen molar-refractivity contribution >= 4 is 27.6 Å². The van der Waals surface area contributed by atoms with Crippen molar-refractivity contribution in [3.05, 3.63) is 28.2 Å². The Balaban J connectivity index is 2.90. The van der Waals surface area contributed by atoms with E-state index in [9.17, 15) is 4.79 Å². The molecule has 0 aliphatic rings. The number of hydrogen-bond donors (Lipinski definition) is 2. The van der Waals surface area contributed by atoms with E-state index < -0.39 is 5.97 Å². The van der Waals surface area contributed by atoms with Crippen molar-refractivity contribution in [2.24, 2.45) is 0 Å². The van der Waals surface area contributed by atoms with Gasteiger partial charge >= 0.3 is 5.97 Å². The Morgan fingerprint density at radius 1 is 1.64 bits per heavy atom. The van der Waals surface area contributed by atoms with Crippen LogP contribution in [0.2, 0.25) is 0 Å². The van der Waals surface area contributed by atoms with Crippen LogP contribution >= 0.6 is 15.9 Å². The Kier molecular flexibility index (Phi) is 3.52. The van der Waals surface area contributed by atoms with Crippen LogP contribution in [-0.2, 0) is 4.79 Å². The van der Waals surface area contributed by atoms with Crippen LogP contribution < -0.4 is 5.73 Å². The summed E-state index contributed by atoms with van der Waals surface area (Å²) < 4.78 is 0.904. The highest BCUT2D eigenvalue weighted by molar-refractivity contribution is 9.10. The number of carboxylic acids is 1. The van der Waals surface area contributed by atoms with Crippen LogP contribution in [0, 0.1) is 0 Å². The number of nitrogen functional groups attached to an aromatic ring is 1. The molecule has 0 aromatic heterocycles. The van der Waals surface area contributed by atoms with Gasteiger partial charge in [0.25, 0.3) is 0 Å². The van der Waals surface area contributed by atoms with E-state index in [-0.39, 0.29) is 12.3 Å². The van der Waals surface area contributed by atoms with Gasteiger partial charge in [0, 0.05) is 10.2 Å². The van der Waals surface area contributed by atoms with E-state index in [4.69, 9.17) is 10.8 Å². The third-order valence-electron chi connectivity index (χ3n) is 2.06. The summed E-state index contributed by atoms with van der Waals surface area (Å²) in [6.45, 7) is 1.85. The first kappa shape index (κ1) is 11.0. The normalized spacial score (nSPS) is 12.4. The number of aliphatic carboxylic acids is 1. The third-order valence-corrected chi connectivity index (χ3v) is 2.55. The molecule has 1 aromatic carbocycles. The van der Waals surface area contributed by atoms with Crippen molar-refractivity contribution in [1.82, 2.24) is 0 Å². The minimum absolute atomic E-state index is 0.0550. The molecule has 0 saturated carbocycles. The van der Waals surface area contributed by atoms with E-state index >= 15 is 0 Å². The number of carboxylic acid groups (broad SMARTS) is 1. The lowest BCUT2D eigenvalue weighted by Crippen LogP contribution is -2.05. The maximum Gasteiger partial charge on any atom is 0.303 e. The lowest BCUT2D eigenvalue weighted by atomic mass is 9.96. The van der Waals surface area contributed by atoms with Gasteiger partial charge in [0.15, 0.2) is 0 Å². The molecule has 0 radical (unpaired) electrons. The van der Waals surface area contributed by atoms with Crippen molar-refractivity contribution in [2.45, 2.75) is 19.3 Å². The van der Waals surface area contributed by atoms with Gasteiger partial charge in [-0.25, -0.2) is 0 Å². The van der Waals surface area contributed by atoms with Crippen molar-refractivity contribution in [3.8, 4) is 0 Å². The predicted molar refractivity (Wildman–Crippen MR) is 59.2 cm³/mol. The zero-order valence-corrected chi connectivity index (χ0v) is 9.41. The van der Waals surface area contributed by atoms with Gasteiger partial charge in [0.1, 0.15) is 0 Å². The van der Waals surface area contributed by atoms with E-state index in [1.165, 1.54) is 0 Å². The summed E-state index contributed by atoms with van der Waals surface area (Å²) in [5.41, 5.74) is 7.29. The van der Waals surface area contributed by atoms with E-state index in [2.05, 4.69) is 15.9 Å². The van der Waals surface area contributed by atoms with Gasteiger partial charge in [-0.15, -0.1) is 0 Å². The maximum atomic E-state index is 10.5. The van der Waals surface area contributed by atoms with Gasteiger partial charge < -0.3 is 10.8 Å². The Labute approximate surface area is 91.1 Å². The van der Waals surface area contributed by atoms with Crippen molar-refractivity contribution < 1.29 is 9.90 Å². The van der Waals surface area contributed by atoms with Crippen LogP contribution in [0.1, 0.15) is 24.8 Å². The summed E-state index contributed by atoms with van der Waals surface area (Å²) in [5, 5.41) is 8.64. The molecule has 1 aromatic rings. The van der Waals surface area contributed by atoms with Gasteiger partial charge in [-0.1, -0.05) is 28.9 Å². The second-order valence-corrected chi connectivity index (χ2v) is 4.19. The second kappa shape index (κ2) is 4.46. The Hall–Kier alpha value is -1.03. The summed E-state index contributed by atoms with van der Waals surface area (Å²) in [6.07, 6.45) is 0.103. The standard InChI is InChI=1S/C10H12BrNO2/c1-6(4-10(13)14)8-3-2-7(11)5-9(8)12/h2-3,5-6H,4,12H2,1H3,(H,13,14). The van der Waals surface area contributed by atoms with E-state index in [0.29, 0.717) is 5.69 Å². The molecular weight excluding hydrogens is 246 g/mol. The molecular formula is C10H12BrNO2. The zero-order chi connectivity index (χ0) is 10.7. The van der Waals surface area contributed by atoms with Gasteiger partial charge in [-0.3, -0.25) is 4.79 Å². The molecule has 1 unspecified atom stereocenters. The quantitative estimate of drug-likeness (QED) is 0.819. The summed E-state index contributed by atoms with van der Waals surface area (Å²) in [6, 6.07) is 5.50. The van der Waals surface area contributed by atoms with Gasteiger partial charge in [-0.2, -0.15) is 0 Å². The molecule has 0 spiro atoms. The molecule has 0 aliphatic heterocycles. The molecule has 3 nitrogen and oxygen atoms in total. The van der Waals surface area contributed by atoms with Crippen LogP contribution in [0.15, 0.2) is 22.7 Å². The number of rotatable bonds is 3. The molecule has 14 heavy (non-hydrogen) atoms. The summed E-state index contributed by atoms with van der Waals surface area (Å²) in [4.78, 5) is 10.5. The summed E-state index contributed by atoms with van der Waals surface area (Å²) in [5.74, 6) is -0.861. The SMILES string of the molecule is CC(CC(=O)O)c1ccc(Br)cc1N. The average molecular weight is 258 g/mol. The van der Waals surface area contributed by atoms with Gasteiger partial charge in [-0.05, 0) is 23.6 Å². The van der Waals surface area contributed by atoms with Crippen LogP contribution in [0.5, 0.6) is 0 Å². The molecule has 0 amide bonds. The maximum absolute atomic E-state index is 10.5. The molecule has 0 saturated heterocycles. The monoisotopic (exact) mass is 257 g/mol. The van der Waals surface area contributed by atoms with Crippen LogP contribution in [0.4, 0.5) is 5.69 Å². The van der Waals surface area contributed by atoms with Gasteiger partial charge in [0.05, 0.1) is 6.42 Å². The van der Waals surface area contributed by atoms with Crippen LogP contribution in [0.3, 0.4) is 0 Å². The minimum Gasteiger partial charge on any atom is -0.481 e. The number of carbonyl (C=O) groups is 1.